The van der Waals surface area contributed by atoms with Crippen molar-refractivity contribution in [3.63, 3.8) is 0 Å². The van der Waals surface area contributed by atoms with Gasteiger partial charge in [-0.2, -0.15) is 0 Å². The number of carbonyl (C=O) groups excluding carboxylic acids is 1. The lowest BCUT2D eigenvalue weighted by Crippen LogP contribution is -2.35. The summed E-state index contributed by atoms with van der Waals surface area (Å²) in [6, 6.07) is 4.74. The molecule has 18 heavy (non-hydrogen) atoms. The van der Waals surface area contributed by atoms with Gasteiger partial charge in [0, 0.05) is 17.5 Å². The minimum absolute atomic E-state index is 0.119. The predicted molar refractivity (Wildman–Crippen MR) is 73.6 cm³/mol. The normalized spacial score (nSPS) is 16.0. The number of nitrogens with zero attached hydrogens (tertiary/aromatic N) is 1. The quantitative estimate of drug-likeness (QED) is 0.768. The van der Waals surface area contributed by atoms with Crippen molar-refractivity contribution in [1.82, 2.24) is 4.90 Å². The smallest absolute Gasteiger partial charge is 0.320 e. The van der Waals surface area contributed by atoms with E-state index in [0.29, 0.717) is 12.6 Å². The van der Waals surface area contributed by atoms with Crippen molar-refractivity contribution in [2.45, 2.75) is 51.8 Å². The van der Waals surface area contributed by atoms with Gasteiger partial charge < -0.3 is 4.74 Å². The van der Waals surface area contributed by atoms with E-state index in [1.54, 1.807) is 11.3 Å². The van der Waals surface area contributed by atoms with E-state index in [4.69, 9.17) is 4.74 Å². The Kier molecular flexibility index (Phi) is 4.07. The van der Waals surface area contributed by atoms with E-state index in [0.717, 1.165) is 6.54 Å². The monoisotopic (exact) mass is 267 g/mol. The van der Waals surface area contributed by atoms with E-state index >= 15 is 0 Å². The molecule has 4 heteroatoms. The number of thiophene rings is 1. The summed E-state index contributed by atoms with van der Waals surface area (Å²) in [7, 11) is 0. The molecule has 0 saturated heterocycles. The Bertz CT molecular complexity index is 390. The van der Waals surface area contributed by atoms with Gasteiger partial charge in [0.05, 0.1) is 6.54 Å². The van der Waals surface area contributed by atoms with Crippen molar-refractivity contribution in [1.29, 1.82) is 0 Å². The summed E-state index contributed by atoms with van der Waals surface area (Å²) in [6.45, 7) is 6.99. The standard InChI is InChI=1S/C14H21NO2S/c1-14(2,3)17-13(16)10-15(11-6-7-11)9-12-5-4-8-18-12/h4-5,8,11H,6-7,9-10H2,1-3H3. The molecule has 1 saturated carbocycles. The molecule has 0 radical (unpaired) electrons. The summed E-state index contributed by atoms with van der Waals surface area (Å²) in [5, 5.41) is 2.08. The van der Waals surface area contributed by atoms with Gasteiger partial charge in [0.2, 0.25) is 0 Å². The predicted octanol–water partition coefficient (Wildman–Crippen LogP) is 3.05. The van der Waals surface area contributed by atoms with Crippen LogP contribution in [0.1, 0.15) is 38.5 Å². The minimum atomic E-state index is -0.394. The van der Waals surface area contributed by atoms with Gasteiger partial charge in [0.15, 0.2) is 0 Å². The van der Waals surface area contributed by atoms with Crippen LogP contribution in [0.4, 0.5) is 0 Å². The molecule has 1 aromatic heterocycles. The Hall–Kier alpha value is -0.870. The largest absolute Gasteiger partial charge is 0.459 e. The van der Waals surface area contributed by atoms with E-state index in [1.807, 2.05) is 20.8 Å². The van der Waals surface area contributed by atoms with Crippen LogP contribution in [-0.4, -0.2) is 29.1 Å². The lowest BCUT2D eigenvalue weighted by Gasteiger charge is -2.24. The van der Waals surface area contributed by atoms with Gasteiger partial charge >= 0.3 is 5.97 Å². The first-order chi connectivity index (χ1) is 8.44. The maximum Gasteiger partial charge on any atom is 0.320 e. The molecule has 2 rings (SSSR count). The highest BCUT2D eigenvalue weighted by Gasteiger charge is 2.31. The third-order valence-electron chi connectivity index (χ3n) is 2.75. The van der Waals surface area contributed by atoms with Gasteiger partial charge in [-0.15, -0.1) is 11.3 Å². The van der Waals surface area contributed by atoms with Crippen LogP contribution in [0.2, 0.25) is 0 Å². The first-order valence-electron chi connectivity index (χ1n) is 6.42. The van der Waals surface area contributed by atoms with Gasteiger partial charge in [0.1, 0.15) is 5.60 Å². The Morgan fingerprint density at radius 1 is 1.50 bits per heavy atom. The molecule has 1 aliphatic rings. The highest BCUT2D eigenvalue weighted by atomic mass is 32.1. The van der Waals surface area contributed by atoms with Gasteiger partial charge in [-0.05, 0) is 45.1 Å². The maximum absolute atomic E-state index is 11.9. The average molecular weight is 267 g/mol. The molecule has 0 aliphatic heterocycles. The molecule has 0 N–H and O–H groups in total. The molecular formula is C14H21NO2S. The molecule has 1 heterocycles. The van der Waals surface area contributed by atoms with Gasteiger partial charge in [0.25, 0.3) is 0 Å². The molecule has 0 atom stereocenters. The second-order valence-corrected chi connectivity index (χ2v) is 6.83. The van der Waals surface area contributed by atoms with Gasteiger partial charge in [-0.25, -0.2) is 0 Å². The van der Waals surface area contributed by atoms with Crippen LogP contribution in [0, 0.1) is 0 Å². The molecule has 0 unspecified atom stereocenters. The average Bonchev–Trinajstić information content (AvgIpc) is 2.95. The third kappa shape index (κ3) is 4.42. The number of rotatable bonds is 5. The molecule has 1 fully saturated rings. The summed E-state index contributed by atoms with van der Waals surface area (Å²) < 4.78 is 5.39. The second kappa shape index (κ2) is 5.41. The fourth-order valence-corrected chi connectivity index (χ4v) is 2.63. The Morgan fingerprint density at radius 3 is 2.72 bits per heavy atom. The van der Waals surface area contributed by atoms with E-state index < -0.39 is 5.60 Å². The number of hydrogen-bond donors (Lipinski definition) is 0. The molecular weight excluding hydrogens is 246 g/mol. The van der Waals surface area contributed by atoms with Crippen molar-refractivity contribution in [3.8, 4) is 0 Å². The lowest BCUT2D eigenvalue weighted by atomic mass is 10.2. The second-order valence-electron chi connectivity index (χ2n) is 5.80. The SMILES string of the molecule is CC(C)(C)OC(=O)CN(Cc1cccs1)C1CC1. The molecule has 100 valence electrons. The van der Waals surface area contributed by atoms with Crippen molar-refractivity contribution < 1.29 is 9.53 Å². The van der Waals surface area contributed by atoms with Crippen LogP contribution in [0.5, 0.6) is 0 Å². The molecule has 1 aromatic rings. The molecule has 0 amide bonds. The van der Waals surface area contributed by atoms with Crippen LogP contribution in [0.3, 0.4) is 0 Å². The van der Waals surface area contributed by atoms with Crippen molar-refractivity contribution >= 4 is 17.3 Å². The minimum Gasteiger partial charge on any atom is -0.459 e. The van der Waals surface area contributed by atoms with Gasteiger partial charge in [-0.3, -0.25) is 9.69 Å². The lowest BCUT2D eigenvalue weighted by molar-refractivity contribution is -0.156. The number of ether oxygens (including phenoxy) is 1. The van der Waals surface area contributed by atoms with Crippen LogP contribution >= 0.6 is 11.3 Å². The van der Waals surface area contributed by atoms with E-state index in [9.17, 15) is 4.79 Å². The Morgan fingerprint density at radius 2 is 2.22 bits per heavy atom. The Balaban J connectivity index is 1.88. The zero-order chi connectivity index (χ0) is 13.2. The fraction of sp³-hybridized carbons (Fsp3) is 0.643. The van der Waals surface area contributed by atoms with Crippen LogP contribution in [0.25, 0.3) is 0 Å². The van der Waals surface area contributed by atoms with Crippen LogP contribution in [0.15, 0.2) is 17.5 Å². The van der Waals surface area contributed by atoms with E-state index in [2.05, 4.69) is 22.4 Å². The zero-order valence-corrected chi connectivity index (χ0v) is 12.1. The summed E-state index contributed by atoms with van der Waals surface area (Å²) in [5.41, 5.74) is -0.394. The maximum atomic E-state index is 11.9. The highest BCUT2D eigenvalue weighted by Crippen LogP contribution is 2.29. The van der Waals surface area contributed by atoms with Crippen molar-refractivity contribution in [3.05, 3.63) is 22.4 Å². The molecule has 0 bridgehead atoms. The van der Waals surface area contributed by atoms with Crippen molar-refractivity contribution in [2.24, 2.45) is 0 Å². The van der Waals surface area contributed by atoms with Crippen LogP contribution < -0.4 is 0 Å². The molecule has 0 aromatic carbocycles. The first-order valence-corrected chi connectivity index (χ1v) is 7.30. The first kappa shape index (κ1) is 13.6. The number of carbonyl (C=O) groups is 1. The molecule has 3 nitrogen and oxygen atoms in total. The topological polar surface area (TPSA) is 29.5 Å². The summed E-state index contributed by atoms with van der Waals surface area (Å²) >= 11 is 1.74. The molecule has 0 spiro atoms. The van der Waals surface area contributed by atoms with E-state index in [-0.39, 0.29) is 5.97 Å². The number of esters is 1. The fourth-order valence-electron chi connectivity index (χ4n) is 1.90. The zero-order valence-electron chi connectivity index (χ0n) is 11.3. The Labute approximate surface area is 113 Å². The third-order valence-corrected chi connectivity index (χ3v) is 3.62. The van der Waals surface area contributed by atoms with Crippen LogP contribution in [-0.2, 0) is 16.1 Å². The summed E-state index contributed by atoms with van der Waals surface area (Å²) in [5.74, 6) is -0.119. The number of hydrogen-bond acceptors (Lipinski definition) is 4. The molecule has 1 aliphatic carbocycles. The van der Waals surface area contributed by atoms with Crippen molar-refractivity contribution in [2.75, 3.05) is 6.54 Å². The summed E-state index contributed by atoms with van der Waals surface area (Å²) in [4.78, 5) is 15.4. The highest BCUT2D eigenvalue weighted by molar-refractivity contribution is 7.09. The van der Waals surface area contributed by atoms with Gasteiger partial charge in [-0.1, -0.05) is 6.07 Å². The van der Waals surface area contributed by atoms with E-state index in [1.165, 1.54) is 17.7 Å². The summed E-state index contributed by atoms with van der Waals surface area (Å²) in [6.07, 6.45) is 2.41.